The Hall–Kier alpha value is -1.71. The summed E-state index contributed by atoms with van der Waals surface area (Å²) in [4.78, 5) is 12.7. The van der Waals surface area contributed by atoms with Crippen LogP contribution in [0.15, 0.2) is 18.2 Å². The van der Waals surface area contributed by atoms with Gasteiger partial charge in [0, 0.05) is 24.8 Å². The lowest BCUT2D eigenvalue weighted by atomic mass is 10.1. The molecule has 2 rings (SSSR count). The van der Waals surface area contributed by atoms with Crippen LogP contribution in [0.1, 0.15) is 16.8 Å². The largest absolute Gasteiger partial charge is 0.507 e. The molecule has 4 heteroatoms. The van der Waals surface area contributed by atoms with Crippen molar-refractivity contribution in [3.8, 4) is 5.75 Å². The van der Waals surface area contributed by atoms with Gasteiger partial charge in [-0.2, -0.15) is 0 Å². The number of hydrogen-bond donors (Lipinski definition) is 2. The van der Waals surface area contributed by atoms with Gasteiger partial charge in [0.25, 0.3) is 0 Å². The summed E-state index contributed by atoms with van der Waals surface area (Å²) in [6.45, 7) is 1.96. The zero-order valence-electron chi connectivity index (χ0n) is 7.60. The molecule has 1 aromatic carbocycles. The van der Waals surface area contributed by atoms with Gasteiger partial charge in [0.15, 0.2) is 0 Å². The molecule has 1 aromatic rings. The minimum absolute atomic E-state index is 0.0470. The molecule has 1 aliphatic heterocycles. The molecule has 2 N–H and O–H groups in total. The van der Waals surface area contributed by atoms with Crippen molar-refractivity contribution in [2.75, 3.05) is 18.0 Å². The van der Waals surface area contributed by atoms with Crippen LogP contribution < -0.4 is 4.90 Å². The Morgan fingerprint density at radius 3 is 2.50 bits per heavy atom. The Balaban J connectivity index is 2.30. The summed E-state index contributed by atoms with van der Waals surface area (Å²) < 4.78 is 0. The highest BCUT2D eigenvalue weighted by molar-refractivity contribution is 5.91. The smallest absolute Gasteiger partial charge is 0.339 e. The second-order valence-electron chi connectivity index (χ2n) is 3.35. The number of carboxylic acid groups (broad SMARTS) is 1. The molecule has 1 fully saturated rings. The fourth-order valence-corrected chi connectivity index (χ4v) is 1.47. The van der Waals surface area contributed by atoms with Crippen LogP contribution in [0.25, 0.3) is 0 Å². The number of benzene rings is 1. The van der Waals surface area contributed by atoms with Crippen molar-refractivity contribution in [2.45, 2.75) is 6.42 Å². The quantitative estimate of drug-likeness (QED) is 0.743. The highest BCUT2D eigenvalue weighted by Crippen LogP contribution is 2.27. The van der Waals surface area contributed by atoms with E-state index in [4.69, 9.17) is 5.11 Å². The summed E-state index contributed by atoms with van der Waals surface area (Å²) in [6.07, 6.45) is 1.15. The topological polar surface area (TPSA) is 60.8 Å². The average Bonchev–Trinajstić information content (AvgIpc) is 2.00. The first kappa shape index (κ1) is 8.87. The van der Waals surface area contributed by atoms with Crippen LogP contribution in [-0.4, -0.2) is 29.3 Å². The fourth-order valence-electron chi connectivity index (χ4n) is 1.47. The number of rotatable bonds is 2. The van der Waals surface area contributed by atoms with Gasteiger partial charge < -0.3 is 15.1 Å². The number of hydrogen-bond acceptors (Lipinski definition) is 3. The van der Waals surface area contributed by atoms with Crippen LogP contribution in [0, 0.1) is 0 Å². The molecule has 1 saturated heterocycles. The van der Waals surface area contributed by atoms with Crippen LogP contribution in [0.2, 0.25) is 0 Å². The zero-order chi connectivity index (χ0) is 10.1. The van der Waals surface area contributed by atoms with Crippen LogP contribution >= 0.6 is 0 Å². The van der Waals surface area contributed by atoms with Gasteiger partial charge in [-0.1, -0.05) is 0 Å². The molecular weight excluding hydrogens is 182 g/mol. The van der Waals surface area contributed by atoms with E-state index in [2.05, 4.69) is 4.90 Å². The van der Waals surface area contributed by atoms with E-state index in [0.717, 1.165) is 25.2 Å². The van der Waals surface area contributed by atoms with Crippen LogP contribution in [0.4, 0.5) is 5.69 Å². The molecule has 74 valence electrons. The highest BCUT2D eigenvalue weighted by Gasteiger charge is 2.17. The lowest BCUT2D eigenvalue weighted by Gasteiger charge is -2.33. The number of anilines is 1. The van der Waals surface area contributed by atoms with Crippen LogP contribution in [0.5, 0.6) is 5.75 Å². The number of nitrogens with zero attached hydrogens (tertiary/aromatic N) is 1. The molecule has 14 heavy (non-hydrogen) atoms. The minimum Gasteiger partial charge on any atom is -0.507 e. The molecule has 0 saturated carbocycles. The van der Waals surface area contributed by atoms with Gasteiger partial charge in [0.1, 0.15) is 11.3 Å². The maximum Gasteiger partial charge on any atom is 0.339 e. The second kappa shape index (κ2) is 3.21. The first-order valence-corrected chi connectivity index (χ1v) is 4.50. The molecule has 0 bridgehead atoms. The van der Waals surface area contributed by atoms with Gasteiger partial charge in [-0.3, -0.25) is 0 Å². The lowest BCUT2D eigenvalue weighted by Crippen LogP contribution is -2.36. The van der Waals surface area contributed by atoms with Gasteiger partial charge >= 0.3 is 5.97 Å². The van der Waals surface area contributed by atoms with E-state index in [-0.39, 0.29) is 11.3 Å². The summed E-state index contributed by atoms with van der Waals surface area (Å²) in [7, 11) is 0. The molecule has 1 heterocycles. The SMILES string of the molecule is O=C(O)c1ccc(N2CCC2)cc1O. The maximum atomic E-state index is 10.6. The molecule has 0 spiro atoms. The predicted octanol–water partition coefficient (Wildman–Crippen LogP) is 1.30. The van der Waals surface area contributed by atoms with Gasteiger partial charge in [-0.05, 0) is 18.6 Å². The third-order valence-corrected chi connectivity index (χ3v) is 2.43. The van der Waals surface area contributed by atoms with Crippen molar-refractivity contribution >= 4 is 11.7 Å². The van der Waals surface area contributed by atoms with E-state index in [1.807, 2.05) is 0 Å². The summed E-state index contributed by atoms with van der Waals surface area (Å²) in [5, 5.41) is 18.1. The van der Waals surface area contributed by atoms with Gasteiger partial charge in [0.2, 0.25) is 0 Å². The molecule has 0 atom stereocenters. The monoisotopic (exact) mass is 193 g/mol. The normalized spacial score (nSPS) is 15.0. The Bertz CT molecular complexity index is 372. The van der Waals surface area contributed by atoms with Gasteiger partial charge in [-0.15, -0.1) is 0 Å². The minimum atomic E-state index is -1.10. The Kier molecular flexibility index (Phi) is 2.04. The number of aromatic carboxylic acids is 1. The maximum absolute atomic E-state index is 10.6. The number of phenols is 1. The lowest BCUT2D eigenvalue weighted by molar-refractivity contribution is 0.0694. The Morgan fingerprint density at radius 2 is 2.07 bits per heavy atom. The van der Waals surface area contributed by atoms with Gasteiger partial charge in [-0.25, -0.2) is 4.79 Å². The second-order valence-corrected chi connectivity index (χ2v) is 3.35. The van der Waals surface area contributed by atoms with Crippen molar-refractivity contribution in [1.82, 2.24) is 0 Å². The van der Waals surface area contributed by atoms with Crippen molar-refractivity contribution in [3.05, 3.63) is 23.8 Å². The van der Waals surface area contributed by atoms with E-state index in [1.165, 1.54) is 12.1 Å². The molecule has 0 radical (unpaired) electrons. The summed E-state index contributed by atoms with van der Waals surface area (Å²) in [6, 6.07) is 4.66. The van der Waals surface area contributed by atoms with E-state index in [1.54, 1.807) is 6.07 Å². The molecule has 0 unspecified atom stereocenters. The molecule has 0 aliphatic carbocycles. The Labute approximate surface area is 81.4 Å². The van der Waals surface area contributed by atoms with Gasteiger partial charge in [0.05, 0.1) is 0 Å². The van der Waals surface area contributed by atoms with E-state index >= 15 is 0 Å². The third kappa shape index (κ3) is 1.39. The summed E-state index contributed by atoms with van der Waals surface area (Å²) in [5.74, 6) is -1.26. The van der Waals surface area contributed by atoms with E-state index < -0.39 is 5.97 Å². The standard InChI is InChI=1S/C10H11NO3/c12-9-6-7(11-4-1-5-11)2-3-8(9)10(13)14/h2-3,6,12H,1,4-5H2,(H,13,14). The predicted molar refractivity (Wildman–Crippen MR) is 51.9 cm³/mol. The first-order valence-electron chi connectivity index (χ1n) is 4.50. The van der Waals surface area contributed by atoms with Crippen LogP contribution in [-0.2, 0) is 0 Å². The molecular formula is C10H11NO3. The molecule has 0 amide bonds. The number of aromatic hydroxyl groups is 1. The zero-order valence-corrected chi connectivity index (χ0v) is 7.60. The van der Waals surface area contributed by atoms with Crippen molar-refractivity contribution in [2.24, 2.45) is 0 Å². The summed E-state index contributed by atoms with van der Waals surface area (Å²) >= 11 is 0. The van der Waals surface area contributed by atoms with E-state index in [0.29, 0.717) is 0 Å². The van der Waals surface area contributed by atoms with Crippen molar-refractivity contribution < 1.29 is 15.0 Å². The molecule has 0 aromatic heterocycles. The van der Waals surface area contributed by atoms with Crippen molar-refractivity contribution in [3.63, 3.8) is 0 Å². The van der Waals surface area contributed by atoms with Crippen molar-refractivity contribution in [1.29, 1.82) is 0 Å². The Morgan fingerprint density at radius 1 is 1.36 bits per heavy atom. The number of carbonyl (C=O) groups is 1. The average molecular weight is 193 g/mol. The van der Waals surface area contributed by atoms with Crippen LogP contribution in [0.3, 0.4) is 0 Å². The first-order chi connectivity index (χ1) is 6.68. The van der Waals surface area contributed by atoms with E-state index in [9.17, 15) is 9.90 Å². The number of carboxylic acids is 1. The fraction of sp³-hybridized carbons (Fsp3) is 0.300. The third-order valence-electron chi connectivity index (χ3n) is 2.43. The highest BCUT2D eigenvalue weighted by atomic mass is 16.4. The summed E-state index contributed by atoms with van der Waals surface area (Å²) in [5.41, 5.74) is 0.841. The molecule has 1 aliphatic rings. The molecule has 4 nitrogen and oxygen atoms in total.